The molecule has 3 aromatic carbocycles. The van der Waals surface area contributed by atoms with Crippen LogP contribution in [0, 0.1) is 0 Å². The van der Waals surface area contributed by atoms with Crippen LogP contribution in [0.1, 0.15) is 34.8 Å². The van der Waals surface area contributed by atoms with E-state index in [1.165, 1.54) is 12.8 Å². The van der Waals surface area contributed by atoms with E-state index in [1.807, 2.05) is 54.2 Å². The molecule has 1 saturated heterocycles. The van der Waals surface area contributed by atoms with Gasteiger partial charge in [0, 0.05) is 26.3 Å². The van der Waals surface area contributed by atoms with Gasteiger partial charge in [0.05, 0.1) is 28.2 Å². The van der Waals surface area contributed by atoms with E-state index < -0.39 is 5.97 Å². The van der Waals surface area contributed by atoms with Crippen molar-refractivity contribution in [2.75, 3.05) is 45.2 Å². The molecular weight excluding hydrogens is 509 g/mol. The summed E-state index contributed by atoms with van der Waals surface area (Å²) in [6, 6.07) is 20.3. The fraction of sp³-hybridized carbons (Fsp3) is 0.310. The second-order valence-electron chi connectivity index (χ2n) is 9.49. The summed E-state index contributed by atoms with van der Waals surface area (Å²) in [5.74, 6) is -0.935. The number of rotatable bonds is 9. The van der Waals surface area contributed by atoms with Gasteiger partial charge in [0.2, 0.25) is 5.91 Å². The van der Waals surface area contributed by atoms with Crippen molar-refractivity contribution in [3.05, 3.63) is 87.9 Å². The number of hydrogen-bond donors (Lipinski definition) is 1. The Hall–Kier alpha value is -3.06. The van der Waals surface area contributed by atoms with Crippen molar-refractivity contribution in [3.63, 3.8) is 0 Å². The van der Waals surface area contributed by atoms with Crippen LogP contribution in [0.5, 0.6) is 0 Å². The molecule has 1 unspecified atom stereocenters. The Morgan fingerprint density at radius 1 is 0.892 bits per heavy atom. The van der Waals surface area contributed by atoms with E-state index in [9.17, 15) is 9.59 Å². The lowest BCUT2D eigenvalue weighted by Gasteiger charge is -2.33. The summed E-state index contributed by atoms with van der Waals surface area (Å²) >= 11 is 12.2. The number of hydrogen-bond acceptors (Lipinski definition) is 4. The summed E-state index contributed by atoms with van der Waals surface area (Å²) in [6.07, 6.45) is 2.35. The standard InChI is InChI=1S/C29H31Cl2N3O3/c1-32(24-13-14-25(30)26(31)17-24)19-28(35)33(2)27(18-34-15-3-4-16-34)22-9-5-20(6-10-22)21-7-11-23(12-8-21)29(36)37/h5-14,17,27H,3-4,15-16,18-19H2,1-2H3,(H,36,37). The minimum absolute atomic E-state index is 0.00565. The van der Waals surface area contributed by atoms with Crippen LogP contribution in [0.25, 0.3) is 11.1 Å². The van der Waals surface area contributed by atoms with Gasteiger partial charge in [-0.25, -0.2) is 4.79 Å². The van der Waals surface area contributed by atoms with Crippen LogP contribution in [0.2, 0.25) is 10.0 Å². The van der Waals surface area contributed by atoms with E-state index >= 15 is 0 Å². The molecule has 0 aliphatic carbocycles. The zero-order valence-corrected chi connectivity index (χ0v) is 22.5. The lowest BCUT2D eigenvalue weighted by atomic mass is 9.99. The van der Waals surface area contributed by atoms with E-state index in [1.54, 1.807) is 24.3 Å². The van der Waals surface area contributed by atoms with Crippen molar-refractivity contribution in [3.8, 4) is 11.1 Å². The average molecular weight is 540 g/mol. The molecule has 1 aliphatic heterocycles. The van der Waals surface area contributed by atoms with Crippen LogP contribution in [-0.4, -0.2) is 67.1 Å². The number of nitrogens with zero attached hydrogens (tertiary/aromatic N) is 3. The summed E-state index contributed by atoms with van der Waals surface area (Å²) in [6.45, 7) is 3.05. The number of likely N-dealkylation sites (N-methyl/N-ethyl adjacent to an activating group) is 2. The highest BCUT2D eigenvalue weighted by molar-refractivity contribution is 6.42. The molecular formula is C29H31Cl2N3O3. The first kappa shape index (κ1) is 27.0. The molecule has 1 heterocycles. The number of likely N-dealkylation sites (tertiary alicyclic amines) is 1. The highest BCUT2D eigenvalue weighted by Gasteiger charge is 2.26. The van der Waals surface area contributed by atoms with Crippen molar-refractivity contribution in [1.29, 1.82) is 0 Å². The summed E-state index contributed by atoms with van der Waals surface area (Å²) in [4.78, 5) is 30.7. The molecule has 194 valence electrons. The minimum atomic E-state index is -0.941. The Bertz CT molecular complexity index is 1240. The lowest BCUT2D eigenvalue weighted by molar-refractivity contribution is -0.131. The molecule has 1 atom stereocenters. The van der Waals surface area contributed by atoms with E-state index in [0.29, 0.717) is 10.0 Å². The normalized spacial score (nSPS) is 14.4. The maximum atomic E-state index is 13.4. The van der Waals surface area contributed by atoms with Gasteiger partial charge in [-0.15, -0.1) is 0 Å². The predicted molar refractivity (Wildman–Crippen MR) is 150 cm³/mol. The second-order valence-corrected chi connectivity index (χ2v) is 10.3. The number of carboxylic acids is 1. The Kier molecular flexibility index (Phi) is 8.75. The zero-order valence-electron chi connectivity index (χ0n) is 21.0. The first-order chi connectivity index (χ1) is 17.7. The second kappa shape index (κ2) is 12.0. The zero-order chi connectivity index (χ0) is 26.5. The summed E-state index contributed by atoms with van der Waals surface area (Å²) in [5.41, 5.74) is 4.09. The molecule has 6 nitrogen and oxygen atoms in total. The molecule has 8 heteroatoms. The van der Waals surface area contributed by atoms with E-state index in [4.69, 9.17) is 28.3 Å². The van der Waals surface area contributed by atoms with Crippen LogP contribution in [0.3, 0.4) is 0 Å². The Balaban J connectivity index is 1.52. The number of carbonyl (C=O) groups is 2. The highest BCUT2D eigenvalue weighted by Crippen LogP contribution is 2.29. The molecule has 1 N–H and O–H groups in total. The first-order valence-electron chi connectivity index (χ1n) is 12.3. The topological polar surface area (TPSA) is 64.1 Å². The number of aromatic carboxylic acids is 1. The highest BCUT2D eigenvalue weighted by atomic mass is 35.5. The number of carboxylic acid groups (broad SMARTS) is 1. The number of amides is 1. The third kappa shape index (κ3) is 6.63. The molecule has 0 aromatic heterocycles. The third-order valence-corrected chi connectivity index (χ3v) is 7.71. The van der Waals surface area contributed by atoms with Crippen LogP contribution in [0.15, 0.2) is 66.7 Å². The van der Waals surface area contributed by atoms with Crippen LogP contribution >= 0.6 is 23.2 Å². The number of halogens is 2. The smallest absolute Gasteiger partial charge is 0.335 e. The molecule has 1 fully saturated rings. The molecule has 3 aromatic rings. The van der Waals surface area contributed by atoms with Crippen LogP contribution in [-0.2, 0) is 4.79 Å². The molecule has 0 spiro atoms. The number of carbonyl (C=O) groups excluding carboxylic acids is 1. The van der Waals surface area contributed by atoms with Gasteiger partial charge in [-0.2, -0.15) is 0 Å². The van der Waals surface area contributed by atoms with Gasteiger partial charge in [-0.3, -0.25) is 4.79 Å². The molecule has 0 bridgehead atoms. The predicted octanol–water partition coefficient (Wildman–Crippen LogP) is 6.09. The Labute approximate surface area is 228 Å². The van der Waals surface area contributed by atoms with Gasteiger partial charge in [-0.1, -0.05) is 59.6 Å². The van der Waals surface area contributed by atoms with Crippen molar-refractivity contribution >= 4 is 40.8 Å². The number of anilines is 1. The first-order valence-corrected chi connectivity index (χ1v) is 13.1. The number of benzene rings is 3. The van der Waals surface area contributed by atoms with Gasteiger partial charge < -0.3 is 19.8 Å². The fourth-order valence-electron chi connectivity index (χ4n) is 4.67. The minimum Gasteiger partial charge on any atom is -0.478 e. The Morgan fingerprint density at radius 2 is 1.49 bits per heavy atom. The quantitative estimate of drug-likeness (QED) is 0.356. The van der Waals surface area contributed by atoms with Gasteiger partial charge in [0.25, 0.3) is 0 Å². The molecule has 0 saturated carbocycles. The van der Waals surface area contributed by atoms with Gasteiger partial charge >= 0.3 is 5.97 Å². The molecule has 0 radical (unpaired) electrons. The lowest BCUT2D eigenvalue weighted by Crippen LogP contribution is -2.42. The maximum Gasteiger partial charge on any atom is 0.335 e. The van der Waals surface area contributed by atoms with E-state index in [2.05, 4.69) is 17.0 Å². The summed E-state index contributed by atoms with van der Waals surface area (Å²) in [5, 5.41) is 10.1. The maximum absolute atomic E-state index is 13.4. The summed E-state index contributed by atoms with van der Waals surface area (Å²) < 4.78 is 0. The van der Waals surface area contributed by atoms with Gasteiger partial charge in [-0.05, 0) is 73.0 Å². The van der Waals surface area contributed by atoms with E-state index in [0.717, 1.165) is 42.0 Å². The van der Waals surface area contributed by atoms with Crippen molar-refractivity contribution in [1.82, 2.24) is 9.80 Å². The van der Waals surface area contributed by atoms with Crippen LogP contribution < -0.4 is 4.90 Å². The SMILES string of the molecule is CN(CC(=O)N(C)C(CN1CCCC1)c1ccc(-c2ccc(C(=O)O)cc2)cc1)c1ccc(Cl)c(Cl)c1. The molecule has 1 aliphatic rings. The van der Waals surface area contributed by atoms with Crippen molar-refractivity contribution < 1.29 is 14.7 Å². The van der Waals surface area contributed by atoms with Gasteiger partial charge in [0.15, 0.2) is 0 Å². The van der Waals surface area contributed by atoms with Crippen LogP contribution in [0.4, 0.5) is 5.69 Å². The summed E-state index contributed by atoms with van der Waals surface area (Å²) in [7, 11) is 3.73. The average Bonchev–Trinajstić information content (AvgIpc) is 3.42. The van der Waals surface area contributed by atoms with Crippen molar-refractivity contribution in [2.24, 2.45) is 0 Å². The van der Waals surface area contributed by atoms with Gasteiger partial charge in [0.1, 0.15) is 0 Å². The van der Waals surface area contributed by atoms with E-state index in [-0.39, 0.29) is 24.1 Å². The molecule has 1 amide bonds. The Morgan fingerprint density at radius 3 is 2.05 bits per heavy atom. The molecule has 4 rings (SSSR count). The molecule has 37 heavy (non-hydrogen) atoms. The monoisotopic (exact) mass is 539 g/mol. The third-order valence-electron chi connectivity index (χ3n) is 6.97. The largest absolute Gasteiger partial charge is 0.478 e. The fourth-order valence-corrected chi connectivity index (χ4v) is 4.96. The van der Waals surface area contributed by atoms with Crippen molar-refractivity contribution in [2.45, 2.75) is 18.9 Å².